The van der Waals surface area contributed by atoms with E-state index in [1.54, 1.807) is 6.07 Å². The van der Waals surface area contributed by atoms with E-state index in [-0.39, 0.29) is 23.4 Å². The maximum absolute atomic E-state index is 13.6. The third kappa shape index (κ3) is 2.97. The minimum absolute atomic E-state index is 0.0501. The number of sulfone groups is 1. The highest BCUT2D eigenvalue weighted by molar-refractivity contribution is 7.91. The molecule has 0 atom stereocenters. The van der Waals surface area contributed by atoms with Crippen LogP contribution < -0.4 is 5.32 Å². The second-order valence-corrected chi connectivity index (χ2v) is 6.81. The zero-order valence-electron chi connectivity index (χ0n) is 9.74. The first kappa shape index (κ1) is 12.4. The molecule has 17 heavy (non-hydrogen) atoms. The molecular formula is C12H16FNO2S. The Morgan fingerprint density at radius 1 is 1.29 bits per heavy atom. The van der Waals surface area contributed by atoms with Gasteiger partial charge in [-0.15, -0.1) is 0 Å². The lowest BCUT2D eigenvalue weighted by Gasteiger charge is -2.25. The van der Waals surface area contributed by atoms with E-state index in [0.29, 0.717) is 18.5 Å². The Labute approximate surface area is 101 Å². The van der Waals surface area contributed by atoms with Crippen LogP contribution in [0.3, 0.4) is 0 Å². The summed E-state index contributed by atoms with van der Waals surface area (Å²) in [7, 11) is -2.86. The summed E-state index contributed by atoms with van der Waals surface area (Å²) in [4.78, 5) is 0. The minimum atomic E-state index is -2.86. The molecule has 5 heteroatoms. The Hall–Kier alpha value is -1.10. The summed E-state index contributed by atoms with van der Waals surface area (Å²) >= 11 is 0. The number of para-hydroxylation sites is 1. The van der Waals surface area contributed by atoms with E-state index in [1.165, 1.54) is 6.07 Å². The van der Waals surface area contributed by atoms with Crippen molar-refractivity contribution in [3.63, 3.8) is 0 Å². The minimum Gasteiger partial charge on any atom is -0.380 e. The molecule has 0 aliphatic carbocycles. The molecule has 1 heterocycles. The predicted octanol–water partition coefficient (Wildman–Crippen LogP) is 2.12. The van der Waals surface area contributed by atoms with Crippen LogP contribution in [0.5, 0.6) is 0 Å². The Balaban J connectivity index is 2.08. The molecule has 1 aliphatic heterocycles. The van der Waals surface area contributed by atoms with Gasteiger partial charge < -0.3 is 5.32 Å². The number of nitrogens with one attached hydrogen (secondary N) is 1. The topological polar surface area (TPSA) is 46.2 Å². The van der Waals surface area contributed by atoms with Gasteiger partial charge in [-0.1, -0.05) is 12.1 Å². The van der Waals surface area contributed by atoms with E-state index in [1.807, 2.05) is 13.0 Å². The molecule has 1 N–H and O–H groups in total. The van der Waals surface area contributed by atoms with Gasteiger partial charge in [-0.2, -0.15) is 0 Å². The second kappa shape index (κ2) is 4.64. The maximum atomic E-state index is 13.6. The van der Waals surface area contributed by atoms with Crippen LogP contribution in [0.1, 0.15) is 18.4 Å². The van der Waals surface area contributed by atoms with Gasteiger partial charge in [0.15, 0.2) is 0 Å². The van der Waals surface area contributed by atoms with Crippen molar-refractivity contribution >= 4 is 15.5 Å². The molecule has 0 spiro atoms. The predicted molar refractivity (Wildman–Crippen MR) is 66.4 cm³/mol. The van der Waals surface area contributed by atoms with Crippen molar-refractivity contribution in [2.75, 3.05) is 16.8 Å². The number of anilines is 1. The monoisotopic (exact) mass is 257 g/mol. The molecule has 1 saturated heterocycles. The summed E-state index contributed by atoms with van der Waals surface area (Å²) in [5.74, 6) is 0.106. The number of aryl methyl sites for hydroxylation is 1. The quantitative estimate of drug-likeness (QED) is 0.882. The average Bonchev–Trinajstić information content (AvgIpc) is 2.26. The summed E-state index contributed by atoms with van der Waals surface area (Å²) < 4.78 is 36.1. The normalized spacial score (nSPS) is 20.1. The van der Waals surface area contributed by atoms with Gasteiger partial charge in [-0.25, -0.2) is 12.8 Å². The van der Waals surface area contributed by atoms with Crippen molar-refractivity contribution in [1.82, 2.24) is 0 Å². The Bertz CT molecular complexity index is 479. The largest absolute Gasteiger partial charge is 0.380 e. The number of halogens is 1. The molecule has 3 nitrogen and oxygen atoms in total. The molecule has 0 unspecified atom stereocenters. The van der Waals surface area contributed by atoms with Gasteiger partial charge in [0.2, 0.25) is 0 Å². The summed E-state index contributed by atoms with van der Waals surface area (Å²) in [5, 5.41) is 3.12. The van der Waals surface area contributed by atoms with Crippen LogP contribution in [0, 0.1) is 12.7 Å². The first-order valence-electron chi connectivity index (χ1n) is 5.70. The molecule has 1 aromatic rings. The zero-order chi connectivity index (χ0) is 12.5. The first-order chi connectivity index (χ1) is 7.98. The lowest BCUT2D eigenvalue weighted by Crippen LogP contribution is -2.32. The van der Waals surface area contributed by atoms with E-state index in [9.17, 15) is 12.8 Å². The van der Waals surface area contributed by atoms with Gasteiger partial charge in [0, 0.05) is 6.04 Å². The summed E-state index contributed by atoms with van der Waals surface area (Å²) in [6.45, 7) is 1.84. The van der Waals surface area contributed by atoms with Crippen molar-refractivity contribution in [3.8, 4) is 0 Å². The van der Waals surface area contributed by atoms with E-state index in [2.05, 4.69) is 5.32 Å². The van der Waals surface area contributed by atoms with Crippen LogP contribution in [0.4, 0.5) is 10.1 Å². The number of hydrogen-bond acceptors (Lipinski definition) is 3. The number of rotatable bonds is 2. The molecule has 1 aromatic carbocycles. The molecule has 2 rings (SSSR count). The van der Waals surface area contributed by atoms with Crippen molar-refractivity contribution in [1.29, 1.82) is 0 Å². The zero-order valence-corrected chi connectivity index (χ0v) is 10.6. The van der Waals surface area contributed by atoms with Crippen LogP contribution in [0.15, 0.2) is 18.2 Å². The lowest BCUT2D eigenvalue weighted by atomic mass is 10.1. The van der Waals surface area contributed by atoms with Gasteiger partial charge in [0.05, 0.1) is 17.2 Å². The Kier molecular flexibility index (Phi) is 3.38. The standard InChI is InChI=1S/C12H16FNO2S/c1-9-3-2-4-11(13)12(9)14-10-5-7-17(15,16)8-6-10/h2-4,10,14H,5-8H2,1H3. The van der Waals surface area contributed by atoms with E-state index in [4.69, 9.17) is 0 Å². The van der Waals surface area contributed by atoms with E-state index < -0.39 is 9.84 Å². The summed E-state index contributed by atoms with van der Waals surface area (Å²) in [6.07, 6.45) is 1.10. The molecule has 0 saturated carbocycles. The molecule has 0 radical (unpaired) electrons. The SMILES string of the molecule is Cc1cccc(F)c1NC1CCS(=O)(=O)CC1. The van der Waals surface area contributed by atoms with Gasteiger partial charge >= 0.3 is 0 Å². The molecular weight excluding hydrogens is 241 g/mol. The van der Waals surface area contributed by atoms with Gasteiger partial charge in [0.25, 0.3) is 0 Å². The Morgan fingerprint density at radius 2 is 1.94 bits per heavy atom. The highest BCUT2D eigenvalue weighted by atomic mass is 32.2. The van der Waals surface area contributed by atoms with Crippen LogP contribution in [0.2, 0.25) is 0 Å². The van der Waals surface area contributed by atoms with Crippen molar-refractivity contribution in [2.24, 2.45) is 0 Å². The van der Waals surface area contributed by atoms with E-state index >= 15 is 0 Å². The summed E-state index contributed by atoms with van der Waals surface area (Å²) in [6, 6.07) is 4.97. The fourth-order valence-corrected chi connectivity index (χ4v) is 3.54. The fourth-order valence-electron chi connectivity index (χ4n) is 2.05. The van der Waals surface area contributed by atoms with Gasteiger partial charge in [0.1, 0.15) is 15.7 Å². The van der Waals surface area contributed by atoms with Crippen LogP contribution in [-0.4, -0.2) is 26.0 Å². The van der Waals surface area contributed by atoms with Crippen molar-refractivity contribution in [3.05, 3.63) is 29.6 Å². The molecule has 0 aromatic heterocycles. The maximum Gasteiger partial charge on any atom is 0.150 e. The highest BCUT2D eigenvalue weighted by Crippen LogP contribution is 2.23. The molecule has 1 fully saturated rings. The highest BCUT2D eigenvalue weighted by Gasteiger charge is 2.24. The smallest absolute Gasteiger partial charge is 0.150 e. The van der Waals surface area contributed by atoms with Crippen LogP contribution in [-0.2, 0) is 9.84 Å². The summed E-state index contributed by atoms with van der Waals surface area (Å²) in [5.41, 5.74) is 1.34. The lowest BCUT2D eigenvalue weighted by molar-refractivity contribution is 0.556. The first-order valence-corrected chi connectivity index (χ1v) is 7.52. The molecule has 1 aliphatic rings. The Morgan fingerprint density at radius 3 is 2.53 bits per heavy atom. The van der Waals surface area contributed by atoms with E-state index in [0.717, 1.165) is 5.56 Å². The van der Waals surface area contributed by atoms with Gasteiger partial charge in [-0.05, 0) is 31.4 Å². The third-order valence-electron chi connectivity index (χ3n) is 3.13. The van der Waals surface area contributed by atoms with Crippen LogP contribution >= 0.6 is 0 Å². The third-order valence-corrected chi connectivity index (χ3v) is 4.84. The van der Waals surface area contributed by atoms with Crippen molar-refractivity contribution in [2.45, 2.75) is 25.8 Å². The second-order valence-electron chi connectivity index (χ2n) is 4.50. The van der Waals surface area contributed by atoms with Crippen LogP contribution in [0.25, 0.3) is 0 Å². The fraction of sp³-hybridized carbons (Fsp3) is 0.500. The average molecular weight is 257 g/mol. The van der Waals surface area contributed by atoms with Crippen molar-refractivity contribution < 1.29 is 12.8 Å². The number of benzene rings is 1. The molecule has 0 amide bonds. The van der Waals surface area contributed by atoms with Gasteiger partial charge in [-0.3, -0.25) is 0 Å². The molecule has 0 bridgehead atoms. The number of hydrogen-bond donors (Lipinski definition) is 1. The molecule has 94 valence electrons.